The maximum atomic E-state index is 14.2. The normalized spacial score (nSPS) is 14.7. The average Bonchev–Trinajstić information content (AvgIpc) is 2.95. The number of rotatable bonds is 11. The molecule has 3 aromatic rings. The molecule has 0 aromatic heterocycles. The predicted octanol–water partition coefficient (Wildman–Crippen LogP) is 5.50. The molecule has 7 nitrogen and oxygen atoms in total. The van der Waals surface area contributed by atoms with Gasteiger partial charge in [0.1, 0.15) is 12.6 Å². The fraction of sp³-hybridized carbons (Fsp3) is 0.375. The summed E-state index contributed by atoms with van der Waals surface area (Å²) in [4.78, 5) is 29.7. The SMILES string of the molecule is Cc1cccc(N(CC(=O)N(Cc2ccccc2Cl)C(Cc2ccccc2)C(=O)NC2CCCCC2)S(C)(=O)=O)c1. The number of carbonyl (C=O) groups is 2. The molecule has 1 N–H and O–H groups in total. The van der Waals surface area contributed by atoms with Gasteiger partial charge in [-0.1, -0.05) is 91.5 Å². The van der Waals surface area contributed by atoms with Crippen molar-refractivity contribution in [2.24, 2.45) is 0 Å². The van der Waals surface area contributed by atoms with Gasteiger partial charge in [-0.25, -0.2) is 8.42 Å². The Morgan fingerprint density at radius 1 is 0.951 bits per heavy atom. The van der Waals surface area contributed by atoms with Crippen LogP contribution in [0.5, 0.6) is 0 Å². The van der Waals surface area contributed by atoms with E-state index in [4.69, 9.17) is 11.6 Å². The molecule has 3 aromatic carbocycles. The van der Waals surface area contributed by atoms with E-state index < -0.39 is 28.5 Å². The Hall–Kier alpha value is -3.36. The maximum Gasteiger partial charge on any atom is 0.244 e. The largest absolute Gasteiger partial charge is 0.352 e. The fourth-order valence-electron chi connectivity index (χ4n) is 5.31. The molecule has 0 heterocycles. The standard InChI is InChI=1S/C32H38ClN3O4S/c1-24-12-11-18-28(20-24)36(41(2,39)40)23-31(37)35(22-26-15-9-10-19-29(26)33)30(21-25-13-5-3-6-14-25)32(38)34-27-16-7-4-8-17-27/h3,5-6,9-15,18-20,27,30H,4,7-8,16-17,21-23H2,1-2H3,(H,34,38). The van der Waals surface area contributed by atoms with E-state index in [2.05, 4.69) is 5.32 Å². The van der Waals surface area contributed by atoms with Crippen LogP contribution in [-0.4, -0.2) is 50.0 Å². The Balaban J connectivity index is 1.73. The van der Waals surface area contributed by atoms with Crippen LogP contribution < -0.4 is 9.62 Å². The Kier molecular flexibility index (Phi) is 10.5. The number of sulfonamides is 1. The summed E-state index contributed by atoms with van der Waals surface area (Å²) in [7, 11) is -3.81. The van der Waals surface area contributed by atoms with E-state index in [1.807, 2.05) is 55.5 Å². The first-order valence-electron chi connectivity index (χ1n) is 14.0. The molecule has 0 saturated heterocycles. The van der Waals surface area contributed by atoms with Crippen LogP contribution in [0.1, 0.15) is 48.8 Å². The summed E-state index contributed by atoms with van der Waals surface area (Å²) in [5.41, 5.74) is 2.83. The second kappa shape index (κ2) is 14.0. The molecule has 1 saturated carbocycles. The van der Waals surface area contributed by atoms with Crippen molar-refractivity contribution in [1.82, 2.24) is 10.2 Å². The van der Waals surface area contributed by atoms with Crippen LogP contribution in [0.25, 0.3) is 0 Å². The molecule has 1 aliphatic carbocycles. The number of amides is 2. The number of nitrogens with one attached hydrogen (secondary N) is 1. The third-order valence-corrected chi connectivity index (χ3v) is 9.00. The molecule has 0 radical (unpaired) electrons. The average molecular weight is 596 g/mol. The minimum atomic E-state index is -3.81. The van der Waals surface area contributed by atoms with Gasteiger partial charge in [-0.3, -0.25) is 13.9 Å². The van der Waals surface area contributed by atoms with Gasteiger partial charge in [0, 0.05) is 24.0 Å². The molecule has 1 atom stereocenters. The van der Waals surface area contributed by atoms with Crippen molar-refractivity contribution in [2.45, 2.75) is 64.1 Å². The Bertz CT molecular complexity index is 1440. The predicted molar refractivity (Wildman–Crippen MR) is 164 cm³/mol. The smallest absolute Gasteiger partial charge is 0.244 e. The van der Waals surface area contributed by atoms with Crippen molar-refractivity contribution in [3.8, 4) is 0 Å². The van der Waals surface area contributed by atoms with Gasteiger partial charge in [0.05, 0.1) is 11.9 Å². The molecule has 2 amide bonds. The van der Waals surface area contributed by atoms with Gasteiger partial charge in [0.25, 0.3) is 0 Å². The summed E-state index contributed by atoms with van der Waals surface area (Å²) in [6.07, 6.45) is 6.41. The van der Waals surface area contributed by atoms with E-state index in [9.17, 15) is 18.0 Å². The summed E-state index contributed by atoms with van der Waals surface area (Å²) < 4.78 is 26.9. The maximum absolute atomic E-state index is 14.2. The lowest BCUT2D eigenvalue weighted by Crippen LogP contribution is -2.55. The number of hydrogen-bond donors (Lipinski definition) is 1. The van der Waals surface area contributed by atoms with Gasteiger partial charge in [0.2, 0.25) is 21.8 Å². The third kappa shape index (κ3) is 8.57. The van der Waals surface area contributed by atoms with Gasteiger partial charge in [0.15, 0.2) is 0 Å². The molecule has 218 valence electrons. The molecule has 1 unspecified atom stereocenters. The molecule has 1 fully saturated rings. The molecule has 41 heavy (non-hydrogen) atoms. The van der Waals surface area contributed by atoms with Crippen molar-refractivity contribution < 1.29 is 18.0 Å². The quantitative estimate of drug-likeness (QED) is 0.317. The van der Waals surface area contributed by atoms with E-state index >= 15 is 0 Å². The van der Waals surface area contributed by atoms with Crippen molar-refractivity contribution in [3.05, 3.63) is 101 Å². The third-order valence-electron chi connectivity index (χ3n) is 7.49. The molecular formula is C32H38ClN3O4S. The van der Waals surface area contributed by atoms with E-state index in [1.54, 1.807) is 30.3 Å². The first-order valence-corrected chi connectivity index (χ1v) is 16.3. The first-order chi connectivity index (χ1) is 19.6. The van der Waals surface area contributed by atoms with Crippen LogP contribution >= 0.6 is 11.6 Å². The van der Waals surface area contributed by atoms with Crippen LogP contribution in [0.4, 0.5) is 5.69 Å². The molecule has 0 spiro atoms. The zero-order valence-electron chi connectivity index (χ0n) is 23.6. The van der Waals surface area contributed by atoms with Crippen LogP contribution in [0, 0.1) is 6.92 Å². The minimum Gasteiger partial charge on any atom is -0.352 e. The number of hydrogen-bond acceptors (Lipinski definition) is 4. The first kappa shape index (κ1) is 30.6. The number of benzene rings is 3. The van der Waals surface area contributed by atoms with E-state index in [1.165, 1.54) is 4.90 Å². The zero-order valence-corrected chi connectivity index (χ0v) is 25.2. The van der Waals surface area contributed by atoms with Gasteiger partial charge >= 0.3 is 0 Å². The Morgan fingerprint density at radius 3 is 2.29 bits per heavy atom. The zero-order chi connectivity index (χ0) is 29.4. The highest BCUT2D eigenvalue weighted by atomic mass is 35.5. The number of aryl methyl sites for hydroxylation is 1. The van der Waals surface area contributed by atoms with Gasteiger partial charge in [-0.2, -0.15) is 0 Å². The van der Waals surface area contributed by atoms with Crippen LogP contribution in [0.15, 0.2) is 78.9 Å². The lowest BCUT2D eigenvalue weighted by molar-refractivity contribution is -0.140. The van der Waals surface area contributed by atoms with E-state index in [0.717, 1.165) is 53.8 Å². The Labute approximate surface area is 248 Å². The number of anilines is 1. The molecule has 1 aliphatic rings. The van der Waals surface area contributed by atoms with Crippen LogP contribution in [-0.2, 0) is 32.6 Å². The minimum absolute atomic E-state index is 0.0478. The summed E-state index contributed by atoms with van der Waals surface area (Å²) in [5, 5.41) is 3.67. The van der Waals surface area contributed by atoms with Crippen molar-refractivity contribution in [2.75, 3.05) is 17.1 Å². The van der Waals surface area contributed by atoms with E-state index in [0.29, 0.717) is 16.3 Å². The lowest BCUT2D eigenvalue weighted by Gasteiger charge is -2.35. The van der Waals surface area contributed by atoms with Crippen molar-refractivity contribution in [3.63, 3.8) is 0 Å². The number of nitrogens with zero attached hydrogens (tertiary/aromatic N) is 2. The van der Waals surface area contributed by atoms with Gasteiger partial charge in [-0.05, 0) is 54.7 Å². The molecule has 9 heteroatoms. The van der Waals surface area contributed by atoms with Crippen LogP contribution in [0.2, 0.25) is 5.02 Å². The number of halogens is 1. The van der Waals surface area contributed by atoms with Crippen LogP contribution in [0.3, 0.4) is 0 Å². The van der Waals surface area contributed by atoms with Gasteiger partial charge in [-0.15, -0.1) is 0 Å². The summed E-state index contributed by atoms with van der Waals surface area (Å²) >= 11 is 6.52. The van der Waals surface area contributed by atoms with E-state index in [-0.39, 0.29) is 24.9 Å². The second-order valence-electron chi connectivity index (χ2n) is 10.8. The lowest BCUT2D eigenvalue weighted by atomic mass is 9.94. The number of carbonyl (C=O) groups excluding carboxylic acids is 2. The van der Waals surface area contributed by atoms with Crippen molar-refractivity contribution >= 4 is 39.1 Å². The summed E-state index contributed by atoms with van der Waals surface area (Å²) in [6, 6.07) is 22.9. The molecular weight excluding hydrogens is 558 g/mol. The molecule has 4 rings (SSSR count). The fourth-order valence-corrected chi connectivity index (χ4v) is 6.34. The molecule has 0 aliphatic heterocycles. The highest BCUT2D eigenvalue weighted by Gasteiger charge is 2.34. The topological polar surface area (TPSA) is 86.8 Å². The summed E-state index contributed by atoms with van der Waals surface area (Å²) in [5.74, 6) is -0.737. The Morgan fingerprint density at radius 2 is 1.63 bits per heavy atom. The van der Waals surface area contributed by atoms with Crippen molar-refractivity contribution in [1.29, 1.82) is 0 Å². The monoisotopic (exact) mass is 595 g/mol. The highest BCUT2D eigenvalue weighted by Crippen LogP contribution is 2.24. The summed E-state index contributed by atoms with van der Waals surface area (Å²) in [6.45, 7) is 1.47. The van der Waals surface area contributed by atoms with Gasteiger partial charge < -0.3 is 10.2 Å². The second-order valence-corrected chi connectivity index (χ2v) is 13.1. The highest BCUT2D eigenvalue weighted by molar-refractivity contribution is 7.92. The molecule has 0 bridgehead atoms.